The molecule has 1 aliphatic rings. The number of nitrogens with zero attached hydrogens (tertiary/aromatic N) is 2. The first-order chi connectivity index (χ1) is 12.8. The molecule has 2 heterocycles. The van der Waals surface area contributed by atoms with Crippen molar-refractivity contribution in [3.8, 4) is 0 Å². The lowest BCUT2D eigenvalue weighted by molar-refractivity contribution is 0.198. The largest absolute Gasteiger partial charge is 0.361 e. The summed E-state index contributed by atoms with van der Waals surface area (Å²) in [5.41, 5.74) is 1.05. The van der Waals surface area contributed by atoms with Gasteiger partial charge in [0.15, 0.2) is 9.84 Å². The van der Waals surface area contributed by atoms with E-state index in [9.17, 15) is 8.42 Å². The van der Waals surface area contributed by atoms with Crippen LogP contribution < -0.4 is 0 Å². The maximum absolute atomic E-state index is 12.9. The van der Waals surface area contributed by atoms with Crippen LogP contribution in [-0.4, -0.2) is 42.9 Å². The fourth-order valence-electron chi connectivity index (χ4n) is 3.86. The van der Waals surface area contributed by atoms with Gasteiger partial charge in [-0.05, 0) is 71.7 Å². The molecular formula is C21H30N2O3S. The van der Waals surface area contributed by atoms with Gasteiger partial charge in [0.1, 0.15) is 5.76 Å². The Kier molecular flexibility index (Phi) is 6.06. The normalized spacial score (nSPS) is 19.3. The highest BCUT2D eigenvalue weighted by Gasteiger charge is 2.35. The zero-order valence-electron chi connectivity index (χ0n) is 16.5. The quantitative estimate of drug-likeness (QED) is 0.709. The van der Waals surface area contributed by atoms with Crippen LogP contribution in [0.1, 0.15) is 56.9 Å². The maximum Gasteiger partial charge on any atom is 0.183 e. The van der Waals surface area contributed by atoms with Gasteiger partial charge in [-0.1, -0.05) is 23.4 Å². The molecule has 0 saturated carbocycles. The number of likely N-dealkylation sites (tertiary alicyclic amines) is 1. The molecule has 0 bridgehead atoms. The number of benzene rings is 1. The molecule has 5 nitrogen and oxygen atoms in total. The molecule has 1 aromatic carbocycles. The lowest BCUT2D eigenvalue weighted by atomic mass is 9.94. The number of rotatable bonds is 7. The van der Waals surface area contributed by atoms with E-state index >= 15 is 0 Å². The van der Waals surface area contributed by atoms with Crippen LogP contribution in [0.2, 0.25) is 0 Å². The van der Waals surface area contributed by atoms with Gasteiger partial charge in [-0.2, -0.15) is 0 Å². The van der Waals surface area contributed by atoms with Crippen LogP contribution in [0.15, 0.2) is 45.8 Å². The third kappa shape index (κ3) is 4.61. The van der Waals surface area contributed by atoms with Crippen molar-refractivity contribution in [3.63, 3.8) is 0 Å². The number of hydrogen-bond donors (Lipinski definition) is 0. The molecule has 0 radical (unpaired) electrons. The van der Waals surface area contributed by atoms with Gasteiger partial charge in [-0.15, -0.1) is 0 Å². The fourth-order valence-corrected chi connectivity index (χ4v) is 5.43. The third-order valence-corrected chi connectivity index (χ3v) is 8.16. The van der Waals surface area contributed by atoms with Crippen molar-refractivity contribution >= 4 is 9.84 Å². The molecule has 0 aliphatic carbocycles. The van der Waals surface area contributed by atoms with Crippen molar-refractivity contribution in [2.45, 2.75) is 62.0 Å². The van der Waals surface area contributed by atoms with Crippen LogP contribution in [0.4, 0.5) is 0 Å². The van der Waals surface area contributed by atoms with E-state index in [1.54, 1.807) is 24.3 Å². The van der Waals surface area contributed by atoms with Crippen molar-refractivity contribution in [2.75, 3.05) is 19.6 Å². The van der Waals surface area contributed by atoms with Crippen LogP contribution in [0.5, 0.6) is 0 Å². The number of hydrogen-bond acceptors (Lipinski definition) is 5. The van der Waals surface area contributed by atoms with Gasteiger partial charge in [0, 0.05) is 18.5 Å². The molecular weight excluding hydrogens is 360 g/mol. The van der Waals surface area contributed by atoms with Gasteiger partial charge in [-0.25, -0.2) is 8.42 Å². The molecule has 1 aliphatic heterocycles. The second-order valence-electron chi connectivity index (χ2n) is 8.18. The van der Waals surface area contributed by atoms with Crippen molar-refractivity contribution in [2.24, 2.45) is 0 Å². The summed E-state index contributed by atoms with van der Waals surface area (Å²) in [6.45, 7) is 8.56. The first-order valence-corrected chi connectivity index (χ1v) is 11.2. The molecule has 1 aromatic heterocycles. The topological polar surface area (TPSA) is 63.4 Å². The maximum atomic E-state index is 12.9. The van der Waals surface area contributed by atoms with Gasteiger partial charge in [0.25, 0.3) is 0 Å². The molecule has 1 atom stereocenters. The summed E-state index contributed by atoms with van der Waals surface area (Å²) < 4.78 is 30.3. The Labute approximate surface area is 162 Å². The summed E-state index contributed by atoms with van der Waals surface area (Å²) in [6.07, 6.45) is 3.79. The summed E-state index contributed by atoms with van der Waals surface area (Å²) in [5.74, 6) is 1.27. The van der Waals surface area contributed by atoms with Crippen molar-refractivity contribution in [1.82, 2.24) is 10.1 Å². The summed E-state index contributed by atoms with van der Waals surface area (Å²) in [5, 5.41) is 4.18. The fraction of sp³-hybridized carbons (Fsp3) is 0.571. The summed E-state index contributed by atoms with van der Waals surface area (Å²) in [4.78, 5) is 2.85. The van der Waals surface area contributed by atoms with Crippen LogP contribution in [0.25, 0.3) is 0 Å². The summed E-state index contributed by atoms with van der Waals surface area (Å²) in [6, 6.07) is 10.8. The SMILES string of the molecule is Cc1cc(C2CCCN(CCCC(C)(C)S(=O)(=O)c3ccccc3)C2)no1. The van der Waals surface area contributed by atoms with E-state index < -0.39 is 14.6 Å². The van der Waals surface area contributed by atoms with E-state index in [-0.39, 0.29) is 0 Å². The highest BCUT2D eigenvalue weighted by Crippen LogP contribution is 2.31. The highest BCUT2D eigenvalue weighted by molar-refractivity contribution is 7.92. The van der Waals surface area contributed by atoms with E-state index in [4.69, 9.17) is 4.52 Å². The Balaban J connectivity index is 1.55. The molecule has 148 valence electrons. The van der Waals surface area contributed by atoms with Crippen LogP contribution in [-0.2, 0) is 9.84 Å². The van der Waals surface area contributed by atoms with Crippen LogP contribution in [0.3, 0.4) is 0 Å². The predicted molar refractivity (Wildman–Crippen MR) is 107 cm³/mol. The minimum absolute atomic E-state index is 0.412. The molecule has 1 fully saturated rings. The molecule has 27 heavy (non-hydrogen) atoms. The second-order valence-corrected chi connectivity index (χ2v) is 10.8. The Morgan fingerprint density at radius 1 is 1.26 bits per heavy atom. The van der Waals surface area contributed by atoms with Gasteiger partial charge >= 0.3 is 0 Å². The number of aromatic nitrogens is 1. The first-order valence-electron chi connectivity index (χ1n) is 9.75. The van der Waals surface area contributed by atoms with E-state index in [1.807, 2.05) is 32.9 Å². The number of aryl methyl sites for hydroxylation is 1. The number of piperidine rings is 1. The van der Waals surface area contributed by atoms with Gasteiger partial charge in [-0.3, -0.25) is 0 Å². The third-order valence-electron chi connectivity index (χ3n) is 5.60. The second kappa shape index (κ2) is 8.15. The first kappa shape index (κ1) is 20.1. The molecule has 2 aromatic rings. The van der Waals surface area contributed by atoms with E-state index in [2.05, 4.69) is 10.1 Å². The van der Waals surface area contributed by atoms with E-state index in [1.165, 1.54) is 0 Å². The van der Waals surface area contributed by atoms with Crippen LogP contribution >= 0.6 is 0 Å². The number of sulfone groups is 1. The van der Waals surface area contributed by atoms with Gasteiger partial charge in [0.2, 0.25) is 0 Å². The minimum atomic E-state index is -3.33. The molecule has 1 unspecified atom stereocenters. The van der Waals surface area contributed by atoms with E-state index in [0.29, 0.717) is 17.2 Å². The molecule has 0 amide bonds. The average Bonchev–Trinajstić information content (AvgIpc) is 3.09. The smallest absolute Gasteiger partial charge is 0.183 e. The predicted octanol–water partition coefficient (Wildman–Crippen LogP) is 4.20. The standard InChI is InChI=1S/C21H30N2O3S/c1-17-15-20(22-26-17)18-9-7-13-23(16-18)14-8-12-21(2,3)27(24,25)19-10-5-4-6-11-19/h4-6,10-11,15,18H,7-9,12-14,16H2,1-3H3. The lowest BCUT2D eigenvalue weighted by Gasteiger charge is -2.33. The summed E-state index contributed by atoms with van der Waals surface area (Å²) in [7, 11) is -3.33. The van der Waals surface area contributed by atoms with Crippen molar-refractivity contribution in [1.29, 1.82) is 0 Å². The van der Waals surface area contributed by atoms with Crippen molar-refractivity contribution in [3.05, 3.63) is 47.9 Å². The zero-order chi connectivity index (χ0) is 19.5. The van der Waals surface area contributed by atoms with E-state index in [0.717, 1.165) is 50.4 Å². The monoisotopic (exact) mass is 390 g/mol. The Hall–Kier alpha value is -1.66. The Morgan fingerprint density at radius 3 is 2.67 bits per heavy atom. The molecule has 1 saturated heterocycles. The molecule has 6 heteroatoms. The Morgan fingerprint density at radius 2 is 2.00 bits per heavy atom. The molecule has 3 rings (SSSR count). The lowest BCUT2D eigenvalue weighted by Crippen LogP contribution is -2.37. The van der Waals surface area contributed by atoms with Crippen molar-refractivity contribution < 1.29 is 12.9 Å². The Bertz CT molecular complexity index is 843. The van der Waals surface area contributed by atoms with Crippen LogP contribution in [0, 0.1) is 6.92 Å². The highest BCUT2D eigenvalue weighted by atomic mass is 32.2. The zero-order valence-corrected chi connectivity index (χ0v) is 17.3. The average molecular weight is 391 g/mol. The summed E-state index contributed by atoms with van der Waals surface area (Å²) >= 11 is 0. The minimum Gasteiger partial charge on any atom is -0.361 e. The molecule has 0 N–H and O–H groups in total. The molecule has 0 spiro atoms. The van der Waals surface area contributed by atoms with Gasteiger partial charge in [0.05, 0.1) is 15.3 Å². The van der Waals surface area contributed by atoms with Gasteiger partial charge < -0.3 is 9.42 Å².